The zero-order valence-corrected chi connectivity index (χ0v) is 16.8. The van der Waals surface area contributed by atoms with Crippen LogP contribution in [0.25, 0.3) is 0 Å². The predicted octanol–water partition coefficient (Wildman–Crippen LogP) is 3.43. The van der Waals surface area contributed by atoms with Crippen molar-refractivity contribution in [1.82, 2.24) is 9.55 Å². The fourth-order valence-electron chi connectivity index (χ4n) is 3.31. The number of hydrogen-bond acceptors (Lipinski definition) is 5. The van der Waals surface area contributed by atoms with Gasteiger partial charge in [0.05, 0.1) is 17.2 Å². The number of nitrogens with zero attached hydrogens (tertiary/aromatic N) is 2. The maximum absolute atomic E-state index is 11.3. The second-order valence-corrected chi connectivity index (χ2v) is 9.21. The standard InChI is InChI=1S/C18H25N3O3S2/c1-13-14(2)21(15-5-3-4-6-15)18(20-13)25-12-11-24-16-7-9-17(10-8-16)26(19,22)23/h7-10,15H,3-6,11-12H2,1-2H3,(H2,19,22,23). The SMILES string of the molecule is Cc1nc(SCCOc2ccc(S(N)(=O)=O)cc2)n(C2CCCC2)c1C. The third-order valence-electron chi connectivity index (χ3n) is 4.78. The predicted molar refractivity (Wildman–Crippen MR) is 103 cm³/mol. The van der Waals surface area contributed by atoms with Gasteiger partial charge in [0.25, 0.3) is 0 Å². The fraction of sp³-hybridized carbons (Fsp3) is 0.500. The Hall–Kier alpha value is -1.51. The van der Waals surface area contributed by atoms with Crippen LogP contribution in [0.4, 0.5) is 0 Å². The average Bonchev–Trinajstić information content (AvgIpc) is 3.20. The van der Waals surface area contributed by atoms with Crippen LogP contribution in [0.2, 0.25) is 0 Å². The van der Waals surface area contributed by atoms with E-state index in [0.717, 1.165) is 16.6 Å². The summed E-state index contributed by atoms with van der Waals surface area (Å²) in [6, 6.07) is 6.73. The number of benzene rings is 1. The second kappa shape index (κ2) is 8.02. The molecule has 1 heterocycles. The number of rotatable bonds is 7. The molecule has 0 bridgehead atoms. The van der Waals surface area contributed by atoms with Crippen LogP contribution in [-0.4, -0.2) is 30.3 Å². The molecule has 0 aliphatic heterocycles. The minimum atomic E-state index is -3.67. The van der Waals surface area contributed by atoms with Crippen molar-refractivity contribution in [2.24, 2.45) is 5.14 Å². The molecule has 0 saturated heterocycles. The number of thioether (sulfide) groups is 1. The third-order valence-corrected chi connectivity index (χ3v) is 6.63. The van der Waals surface area contributed by atoms with Gasteiger partial charge in [-0.25, -0.2) is 18.5 Å². The molecule has 0 radical (unpaired) electrons. The highest BCUT2D eigenvalue weighted by Crippen LogP contribution is 2.35. The van der Waals surface area contributed by atoms with Crippen molar-refractivity contribution >= 4 is 21.8 Å². The Morgan fingerprint density at radius 2 is 1.88 bits per heavy atom. The van der Waals surface area contributed by atoms with E-state index in [4.69, 9.17) is 14.9 Å². The van der Waals surface area contributed by atoms with Crippen molar-refractivity contribution in [2.45, 2.75) is 55.6 Å². The van der Waals surface area contributed by atoms with E-state index >= 15 is 0 Å². The third kappa shape index (κ3) is 4.42. The summed E-state index contributed by atoms with van der Waals surface area (Å²) in [7, 11) is -3.67. The molecule has 0 atom stereocenters. The zero-order chi connectivity index (χ0) is 18.7. The number of sulfonamides is 1. The first kappa shape index (κ1) is 19.3. The average molecular weight is 396 g/mol. The molecule has 1 fully saturated rings. The summed E-state index contributed by atoms with van der Waals surface area (Å²) in [6.07, 6.45) is 5.06. The topological polar surface area (TPSA) is 87.2 Å². The number of primary sulfonamides is 1. The molecule has 1 aromatic carbocycles. The quantitative estimate of drug-likeness (QED) is 0.573. The van der Waals surface area contributed by atoms with E-state index in [1.807, 2.05) is 0 Å². The van der Waals surface area contributed by atoms with Crippen molar-refractivity contribution in [3.63, 3.8) is 0 Å². The molecular weight excluding hydrogens is 370 g/mol. The second-order valence-electron chi connectivity index (χ2n) is 6.59. The maximum Gasteiger partial charge on any atom is 0.238 e. The van der Waals surface area contributed by atoms with Gasteiger partial charge in [-0.1, -0.05) is 24.6 Å². The van der Waals surface area contributed by atoms with Crippen molar-refractivity contribution in [3.8, 4) is 5.75 Å². The number of nitrogens with two attached hydrogens (primary N) is 1. The normalized spacial score (nSPS) is 15.5. The number of ether oxygens (including phenoxy) is 1. The lowest BCUT2D eigenvalue weighted by Crippen LogP contribution is -2.12. The zero-order valence-electron chi connectivity index (χ0n) is 15.1. The minimum Gasteiger partial charge on any atom is -0.493 e. The number of imidazole rings is 1. The Bertz CT molecular complexity index is 855. The van der Waals surface area contributed by atoms with Gasteiger partial charge in [-0.15, -0.1) is 0 Å². The lowest BCUT2D eigenvalue weighted by molar-refractivity contribution is 0.343. The van der Waals surface area contributed by atoms with Gasteiger partial charge in [0.15, 0.2) is 5.16 Å². The Labute approximate surface area is 159 Å². The van der Waals surface area contributed by atoms with Crippen LogP contribution in [0, 0.1) is 13.8 Å². The van der Waals surface area contributed by atoms with Crippen LogP contribution in [0.15, 0.2) is 34.3 Å². The van der Waals surface area contributed by atoms with E-state index in [1.54, 1.807) is 23.9 Å². The van der Waals surface area contributed by atoms with Crippen LogP contribution in [0.3, 0.4) is 0 Å². The van der Waals surface area contributed by atoms with Crippen LogP contribution in [-0.2, 0) is 10.0 Å². The highest BCUT2D eigenvalue weighted by Gasteiger charge is 2.23. The van der Waals surface area contributed by atoms with Crippen molar-refractivity contribution in [3.05, 3.63) is 35.7 Å². The summed E-state index contributed by atoms with van der Waals surface area (Å²) in [6.45, 7) is 4.73. The molecule has 3 rings (SSSR count). The van der Waals surface area contributed by atoms with Crippen molar-refractivity contribution in [2.75, 3.05) is 12.4 Å². The van der Waals surface area contributed by atoms with Crippen LogP contribution < -0.4 is 9.88 Å². The lowest BCUT2D eigenvalue weighted by Gasteiger charge is -2.17. The van der Waals surface area contributed by atoms with Crippen LogP contribution in [0.1, 0.15) is 43.1 Å². The van der Waals surface area contributed by atoms with Crippen molar-refractivity contribution < 1.29 is 13.2 Å². The first-order valence-electron chi connectivity index (χ1n) is 8.80. The number of hydrogen-bond donors (Lipinski definition) is 1. The smallest absolute Gasteiger partial charge is 0.238 e. The molecule has 1 aliphatic rings. The summed E-state index contributed by atoms with van der Waals surface area (Å²) in [5.74, 6) is 1.41. The summed E-state index contributed by atoms with van der Waals surface area (Å²) in [4.78, 5) is 4.81. The van der Waals surface area contributed by atoms with Gasteiger partial charge in [0.1, 0.15) is 5.75 Å². The van der Waals surface area contributed by atoms with Gasteiger partial charge in [-0.05, 0) is 51.0 Å². The Morgan fingerprint density at radius 1 is 1.23 bits per heavy atom. The Balaban J connectivity index is 1.56. The van der Waals surface area contributed by atoms with Gasteiger partial charge in [-0.2, -0.15) is 0 Å². The Morgan fingerprint density at radius 3 is 2.50 bits per heavy atom. The van der Waals surface area contributed by atoms with Gasteiger partial charge in [0, 0.05) is 17.5 Å². The molecule has 6 nitrogen and oxygen atoms in total. The van der Waals surface area contributed by atoms with E-state index in [1.165, 1.54) is 43.5 Å². The fourth-order valence-corrected chi connectivity index (χ4v) is 4.80. The molecular formula is C18H25N3O3S2. The highest BCUT2D eigenvalue weighted by molar-refractivity contribution is 7.99. The summed E-state index contributed by atoms with van der Waals surface area (Å²) < 4.78 is 30.6. The monoisotopic (exact) mass is 395 g/mol. The van der Waals surface area contributed by atoms with E-state index in [2.05, 4.69) is 18.4 Å². The lowest BCUT2D eigenvalue weighted by atomic mass is 10.2. The first-order valence-corrected chi connectivity index (χ1v) is 11.3. The van der Waals surface area contributed by atoms with Gasteiger partial charge >= 0.3 is 0 Å². The highest BCUT2D eigenvalue weighted by atomic mass is 32.2. The largest absolute Gasteiger partial charge is 0.493 e. The number of aromatic nitrogens is 2. The Kier molecular flexibility index (Phi) is 5.94. The molecule has 8 heteroatoms. The van der Waals surface area contributed by atoms with Crippen LogP contribution >= 0.6 is 11.8 Å². The maximum atomic E-state index is 11.3. The van der Waals surface area contributed by atoms with Crippen molar-refractivity contribution in [1.29, 1.82) is 0 Å². The summed E-state index contributed by atoms with van der Waals surface area (Å²) in [5.41, 5.74) is 2.36. The van der Waals surface area contributed by atoms with E-state index in [0.29, 0.717) is 18.4 Å². The molecule has 2 N–H and O–H groups in total. The van der Waals surface area contributed by atoms with Gasteiger partial charge < -0.3 is 9.30 Å². The molecule has 0 unspecified atom stereocenters. The minimum absolute atomic E-state index is 0.0868. The number of aryl methyl sites for hydroxylation is 1. The van der Waals surface area contributed by atoms with Gasteiger partial charge in [-0.3, -0.25) is 0 Å². The van der Waals surface area contributed by atoms with E-state index in [-0.39, 0.29) is 4.90 Å². The molecule has 1 aliphatic carbocycles. The van der Waals surface area contributed by atoms with Gasteiger partial charge in [0.2, 0.25) is 10.0 Å². The first-order chi connectivity index (χ1) is 12.4. The molecule has 1 saturated carbocycles. The summed E-state index contributed by atoms with van der Waals surface area (Å²) >= 11 is 1.71. The molecule has 142 valence electrons. The summed E-state index contributed by atoms with van der Waals surface area (Å²) in [5, 5.41) is 6.16. The molecule has 26 heavy (non-hydrogen) atoms. The molecule has 0 spiro atoms. The van der Waals surface area contributed by atoms with E-state index < -0.39 is 10.0 Å². The molecule has 0 amide bonds. The molecule has 1 aromatic heterocycles. The molecule has 2 aromatic rings. The van der Waals surface area contributed by atoms with E-state index in [9.17, 15) is 8.42 Å². The van der Waals surface area contributed by atoms with Crippen LogP contribution in [0.5, 0.6) is 5.75 Å².